The van der Waals surface area contributed by atoms with Crippen LogP contribution in [0.5, 0.6) is 0 Å². The summed E-state index contributed by atoms with van der Waals surface area (Å²) in [5.74, 6) is -0.0369. The molecule has 8 aliphatic rings. The topological polar surface area (TPSA) is 37.0 Å². The molecule has 9 aromatic carbocycles. The number of fused-ring (bicyclic) bond motifs is 12. The summed E-state index contributed by atoms with van der Waals surface area (Å²) >= 11 is 0. The van der Waals surface area contributed by atoms with Gasteiger partial charge in [-0.05, 0) is 180 Å². The highest BCUT2D eigenvalue weighted by molar-refractivity contribution is 6.33. The number of aromatic nitrogens is 2. The van der Waals surface area contributed by atoms with Crippen LogP contribution in [0.1, 0.15) is 225 Å². The van der Waals surface area contributed by atoms with E-state index in [0.29, 0.717) is 0 Å². The van der Waals surface area contributed by atoms with Crippen LogP contribution in [-0.4, -0.2) is 8.80 Å². The fourth-order valence-corrected chi connectivity index (χ4v) is 19.9. The number of rotatable bonds is 4. The molecule has 4 heteroatoms. The molecule has 4 aromatic heterocycles. The third-order valence-corrected chi connectivity index (χ3v) is 23.2. The van der Waals surface area contributed by atoms with Crippen molar-refractivity contribution in [1.82, 2.24) is 8.80 Å². The van der Waals surface area contributed by atoms with Crippen molar-refractivity contribution in [2.45, 2.75) is 154 Å². The van der Waals surface area contributed by atoms with Crippen LogP contribution in [0.3, 0.4) is 0 Å². The van der Waals surface area contributed by atoms with Crippen LogP contribution in [0.25, 0.3) is 81.0 Å². The molecular weight excluding hydrogens is 1040 g/mol. The molecule has 0 saturated heterocycles. The van der Waals surface area contributed by atoms with E-state index in [1.54, 1.807) is 0 Å². The van der Waals surface area contributed by atoms with Gasteiger partial charge in [0.2, 0.25) is 0 Å². The average molecular weight is 1110 g/mol. The van der Waals surface area contributed by atoms with Crippen LogP contribution in [-0.2, 0) is 23.7 Å². The SMILES string of the molecule is [C-]#[N+]c1cc2c(c3c1C1c4ccccc4C3c3ccccc31)c1cc(C3(C)CCCC3)cc3c4c(CC(C)(C)C)c5c6cc(C7(C)CCCC7)cc7c8c9c(c(C#N)cc8n(c5c(CC(C)(C)C)c4n2c13)c76)C1c2ccccc2C9c2ccccc21. The van der Waals surface area contributed by atoms with Gasteiger partial charge in [0.05, 0.1) is 45.8 Å². The van der Waals surface area contributed by atoms with Crippen molar-refractivity contribution < 1.29 is 0 Å². The zero-order valence-electron chi connectivity index (χ0n) is 50.9. The summed E-state index contributed by atoms with van der Waals surface area (Å²) < 4.78 is 5.48. The van der Waals surface area contributed by atoms with Gasteiger partial charge in [-0.2, -0.15) is 5.26 Å². The van der Waals surface area contributed by atoms with E-state index >= 15 is 0 Å². The standard InChI is InChI=1S/C82H70N4/c1-79(2,3)40-58-68-54-35-44(81(7)30-18-19-31-81)37-56-70-61(34-43(42-83)63-64-46-22-10-14-26-50(46)66(73(63)70)51-27-15-11-23-47(51)64)85(75(54)56)77(68)59(41-80(4,5)6)78-69(58)55-36-45(82(8)32-20-21-33-82)38-57-71-62(86(78)76(55)57)39-60(84-9)72-65-48-24-12-16-28-52(48)67(74(71)72)53-29-17-13-25-49(53)65/h10-17,22-29,34-39,64-67H,18-21,30-33,40-41H2,1-8H3. The molecule has 0 spiro atoms. The zero-order valence-corrected chi connectivity index (χ0v) is 50.9. The van der Waals surface area contributed by atoms with Crippen molar-refractivity contribution in [2.75, 3.05) is 0 Å². The number of hydrogen-bond donors (Lipinski definition) is 0. The summed E-state index contributed by atoms with van der Waals surface area (Å²) in [6.07, 6.45) is 11.4. The van der Waals surface area contributed by atoms with Crippen molar-refractivity contribution in [3.8, 4) is 6.07 Å². The number of nitriles is 1. The Morgan fingerprint density at radius 1 is 0.453 bits per heavy atom. The second kappa shape index (κ2) is 16.3. The molecule has 86 heavy (non-hydrogen) atoms. The van der Waals surface area contributed by atoms with Crippen LogP contribution in [0, 0.1) is 28.7 Å². The number of hydrogen-bond acceptors (Lipinski definition) is 1. The summed E-state index contributed by atoms with van der Waals surface area (Å²) in [6, 6.07) is 55.0. The van der Waals surface area contributed by atoms with E-state index in [0.717, 1.165) is 29.6 Å². The predicted octanol–water partition coefficient (Wildman–Crippen LogP) is 21.2. The number of nitrogens with zero attached hydrogens (tertiary/aromatic N) is 4. The summed E-state index contributed by atoms with van der Waals surface area (Å²) in [4.78, 5) is 4.64. The second-order valence-electron chi connectivity index (χ2n) is 30.7. The largest absolute Gasteiger partial charge is 0.309 e. The molecule has 0 aliphatic heterocycles. The molecule has 0 atom stereocenters. The Bertz CT molecular complexity index is 4930. The summed E-state index contributed by atoms with van der Waals surface area (Å²) in [7, 11) is 0. The molecule has 418 valence electrons. The Balaban J connectivity index is 1.06. The molecule has 2 saturated carbocycles. The van der Waals surface area contributed by atoms with Crippen LogP contribution >= 0.6 is 0 Å². The van der Waals surface area contributed by atoms with Gasteiger partial charge >= 0.3 is 0 Å². The lowest BCUT2D eigenvalue weighted by molar-refractivity contribution is 0.411. The van der Waals surface area contributed by atoms with Gasteiger partial charge in [-0.1, -0.05) is 178 Å². The lowest BCUT2D eigenvalue weighted by Gasteiger charge is -2.43. The molecule has 8 aliphatic carbocycles. The molecule has 4 nitrogen and oxygen atoms in total. The van der Waals surface area contributed by atoms with E-state index < -0.39 is 0 Å². The third kappa shape index (κ3) is 6.05. The highest BCUT2D eigenvalue weighted by Gasteiger charge is 2.48. The zero-order chi connectivity index (χ0) is 58.0. The molecule has 4 heterocycles. The third-order valence-electron chi connectivity index (χ3n) is 23.2. The Kier molecular flexibility index (Phi) is 9.46. The molecule has 21 rings (SSSR count). The smallest absolute Gasteiger partial charge is 0.193 e. The van der Waals surface area contributed by atoms with Gasteiger partial charge in [0.15, 0.2) is 5.69 Å². The van der Waals surface area contributed by atoms with Crippen LogP contribution < -0.4 is 0 Å². The predicted molar refractivity (Wildman–Crippen MR) is 354 cm³/mol. The van der Waals surface area contributed by atoms with E-state index in [1.165, 1.54) is 211 Å². The average Bonchev–Trinajstić information content (AvgIpc) is 1.45. The van der Waals surface area contributed by atoms with Crippen molar-refractivity contribution in [1.29, 1.82) is 5.26 Å². The van der Waals surface area contributed by atoms with E-state index in [9.17, 15) is 11.8 Å². The Labute approximate surface area is 503 Å². The van der Waals surface area contributed by atoms with Crippen molar-refractivity contribution >= 4 is 81.9 Å². The maximum Gasteiger partial charge on any atom is 0.193 e. The second-order valence-corrected chi connectivity index (χ2v) is 30.7. The van der Waals surface area contributed by atoms with Gasteiger partial charge in [-0.15, -0.1) is 0 Å². The van der Waals surface area contributed by atoms with Crippen LogP contribution in [0.2, 0.25) is 0 Å². The maximum atomic E-state index is 11.8. The van der Waals surface area contributed by atoms with Crippen molar-refractivity contribution in [3.05, 3.63) is 239 Å². The van der Waals surface area contributed by atoms with Gasteiger partial charge in [0, 0.05) is 77.8 Å². The van der Waals surface area contributed by atoms with Crippen LogP contribution in [0.15, 0.2) is 133 Å². The molecule has 4 bridgehead atoms. The molecule has 0 unspecified atom stereocenters. The first kappa shape index (κ1) is 49.8. The van der Waals surface area contributed by atoms with Gasteiger partial charge < -0.3 is 8.80 Å². The summed E-state index contributed by atoms with van der Waals surface area (Å²) in [6.45, 7) is 29.1. The molecular formula is C82H70N4. The minimum Gasteiger partial charge on any atom is -0.309 e. The Morgan fingerprint density at radius 2 is 0.791 bits per heavy atom. The van der Waals surface area contributed by atoms with Crippen molar-refractivity contribution in [3.63, 3.8) is 0 Å². The quantitative estimate of drug-likeness (QED) is 0.162. The van der Waals surface area contributed by atoms with Gasteiger partial charge in [0.25, 0.3) is 0 Å². The number of benzene rings is 9. The normalized spacial score (nSPS) is 20.4. The summed E-state index contributed by atoms with van der Waals surface area (Å²) in [5.41, 5.74) is 30.8. The summed E-state index contributed by atoms with van der Waals surface area (Å²) in [5, 5.41) is 22.7. The maximum absolute atomic E-state index is 11.8. The molecule has 0 amide bonds. The fourth-order valence-electron chi connectivity index (χ4n) is 19.9. The minimum absolute atomic E-state index is 0.00227. The van der Waals surface area contributed by atoms with E-state index in [-0.39, 0.29) is 45.3 Å². The van der Waals surface area contributed by atoms with Gasteiger partial charge in [-0.3, -0.25) is 0 Å². The van der Waals surface area contributed by atoms with Crippen LogP contribution in [0.4, 0.5) is 5.69 Å². The lowest BCUT2D eigenvalue weighted by Crippen LogP contribution is -2.28. The Hall–Kier alpha value is -8.44. The molecule has 0 N–H and O–H groups in total. The van der Waals surface area contributed by atoms with Gasteiger partial charge in [0.1, 0.15) is 0 Å². The molecule has 0 radical (unpaired) electrons. The molecule has 13 aromatic rings. The highest BCUT2D eigenvalue weighted by Crippen LogP contribution is 2.64. The first-order valence-electron chi connectivity index (χ1n) is 32.3. The highest BCUT2D eigenvalue weighted by atomic mass is 15.0. The lowest BCUT2D eigenvalue weighted by atomic mass is 9.59. The van der Waals surface area contributed by atoms with E-state index in [1.807, 2.05) is 0 Å². The fraction of sp³-hybridized carbons (Fsp3) is 0.317. The van der Waals surface area contributed by atoms with E-state index in [4.69, 9.17) is 0 Å². The van der Waals surface area contributed by atoms with E-state index in [2.05, 4.69) is 209 Å². The monoisotopic (exact) mass is 1110 g/mol. The van der Waals surface area contributed by atoms with Crippen molar-refractivity contribution in [2.24, 2.45) is 10.8 Å². The first-order chi connectivity index (χ1) is 41.6. The molecule has 2 fully saturated rings. The van der Waals surface area contributed by atoms with Gasteiger partial charge in [-0.25, -0.2) is 4.85 Å². The Morgan fingerprint density at radius 3 is 1.16 bits per heavy atom. The minimum atomic E-state index is -0.122. The first-order valence-corrected chi connectivity index (χ1v) is 32.3.